The molecule has 3 nitrogen and oxygen atoms in total. The van der Waals surface area contributed by atoms with Crippen molar-refractivity contribution in [3.05, 3.63) is 71.2 Å². The Morgan fingerprint density at radius 2 is 1.86 bits per heavy atom. The van der Waals surface area contributed by atoms with Gasteiger partial charge in [-0.3, -0.25) is 9.97 Å². The summed E-state index contributed by atoms with van der Waals surface area (Å²) in [5.74, 6) is 0. The van der Waals surface area contributed by atoms with Crippen molar-refractivity contribution >= 4 is 10.9 Å². The molecule has 1 aromatic carbocycles. The van der Waals surface area contributed by atoms with Crippen LogP contribution in [0.25, 0.3) is 10.9 Å². The lowest BCUT2D eigenvalue weighted by Gasteiger charge is -2.17. The van der Waals surface area contributed by atoms with E-state index in [1.54, 1.807) is 0 Å². The Morgan fingerprint density at radius 1 is 1.05 bits per heavy atom. The summed E-state index contributed by atoms with van der Waals surface area (Å²) in [5.41, 5.74) is 5.46. The van der Waals surface area contributed by atoms with Crippen molar-refractivity contribution in [2.24, 2.45) is 0 Å². The first kappa shape index (κ1) is 13.7. The number of hydrogen-bond acceptors (Lipinski definition) is 3. The van der Waals surface area contributed by atoms with Crippen molar-refractivity contribution < 1.29 is 0 Å². The van der Waals surface area contributed by atoms with Crippen LogP contribution in [-0.4, -0.2) is 17.0 Å². The number of rotatable bonds is 3. The lowest BCUT2D eigenvalue weighted by Crippen LogP contribution is -2.19. The van der Waals surface area contributed by atoms with E-state index in [4.69, 9.17) is 4.98 Å². The molecule has 2 heterocycles. The molecule has 0 fully saturated rings. The molecular weight excluding hydrogens is 258 g/mol. The van der Waals surface area contributed by atoms with Crippen LogP contribution >= 0.6 is 0 Å². The molecule has 0 amide bonds. The van der Waals surface area contributed by atoms with Crippen molar-refractivity contribution in [1.82, 2.24) is 15.3 Å². The highest BCUT2D eigenvalue weighted by Crippen LogP contribution is 2.24. The van der Waals surface area contributed by atoms with E-state index in [1.165, 1.54) is 10.9 Å². The Kier molecular flexibility index (Phi) is 3.67. The molecule has 0 aliphatic carbocycles. The van der Waals surface area contributed by atoms with Gasteiger partial charge < -0.3 is 5.32 Å². The molecule has 0 spiro atoms. The quantitative estimate of drug-likeness (QED) is 0.795. The lowest BCUT2D eigenvalue weighted by molar-refractivity contribution is 0.670. The minimum atomic E-state index is 0.0569. The molecule has 0 aliphatic rings. The van der Waals surface area contributed by atoms with E-state index >= 15 is 0 Å². The zero-order valence-corrected chi connectivity index (χ0v) is 12.6. The molecule has 1 N–H and O–H groups in total. The van der Waals surface area contributed by atoms with Gasteiger partial charge in [-0.25, -0.2) is 0 Å². The Morgan fingerprint density at radius 3 is 2.57 bits per heavy atom. The van der Waals surface area contributed by atoms with E-state index in [9.17, 15) is 0 Å². The third kappa shape index (κ3) is 2.65. The fourth-order valence-electron chi connectivity index (χ4n) is 2.66. The highest BCUT2D eigenvalue weighted by Gasteiger charge is 2.15. The summed E-state index contributed by atoms with van der Waals surface area (Å²) in [4.78, 5) is 9.21. The number of para-hydroxylation sites is 1. The van der Waals surface area contributed by atoms with E-state index < -0.39 is 0 Å². The normalized spacial score (nSPS) is 12.5. The van der Waals surface area contributed by atoms with Gasteiger partial charge in [0.2, 0.25) is 0 Å². The van der Waals surface area contributed by atoms with Crippen LogP contribution in [0.15, 0.2) is 48.7 Å². The zero-order chi connectivity index (χ0) is 14.8. The van der Waals surface area contributed by atoms with Crippen LogP contribution in [0.3, 0.4) is 0 Å². The topological polar surface area (TPSA) is 37.8 Å². The number of pyridine rings is 2. The maximum Gasteiger partial charge on any atom is 0.0764 e. The Hall–Kier alpha value is -2.26. The third-order valence-electron chi connectivity index (χ3n) is 3.79. The fraction of sp³-hybridized carbons (Fsp3) is 0.222. The first-order valence-electron chi connectivity index (χ1n) is 7.15. The third-order valence-corrected chi connectivity index (χ3v) is 3.79. The molecule has 3 heteroatoms. The number of aryl methyl sites for hydroxylation is 2. The minimum Gasteiger partial charge on any atom is -0.308 e. The number of hydrogen-bond donors (Lipinski definition) is 1. The van der Waals surface area contributed by atoms with Crippen molar-refractivity contribution in [3.8, 4) is 0 Å². The molecule has 106 valence electrons. The predicted molar refractivity (Wildman–Crippen MR) is 86.4 cm³/mol. The van der Waals surface area contributed by atoms with Gasteiger partial charge in [0.05, 0.1) is 17.3 Å². The van der Waals surface area contributed by atoms with Crippen LogP contribution in [0.5, 0.6) is 0 Å². The van der Waals surface area contributed by atoms with Crippen LogP contribution in [-0.2, 0) is 0 Å². The summed E-state index contributed by atoms with van der Waals surface area (Å²) in [6.07, 6.45) is 1.92. The van der Waals surface area contributed by atoms with Gasteiger partial charge in [0.25, 0.3) is 0 Å². The summed E-state index contributed by atoms with van der Waals surface area (Å²) in [5, 5.41) is 4.55. The van der Waals surface area contributed by atoms with Crippen LogP contribution in [0.1, 0.15) is 28.6 Å². The van der Waals surface area contributed by atoms with Crippen LogP contribution in [0, 0.1) is 13.8 Å². The van der Waals surface area contributed by atoms with Gasteiger partial charge in [0.1, 0.15) is 0 Å². The maximum atomic E-state index is 4.82. The van der Waals surface area contributed by atoms with Crippen LogP contribution in [0.2, 0.25) is 0 Å². The van der Waals surface area contributed by atoms with Gasteiger partial charge >= 0.3 is 0 Å². The largest absolute Gasteiger partial charge is 0.308 e. The highest BCUT2D eigenvalue weighted by molar-refractivity contribution is 5.82. The second-order valence-corrected chi connectivity index (χ2v) is 5.34. The van der Waals surface area contributed by atoms with Crippen molar-refractivity contribution in [1.29, 1.82) is 0 Å². The predicted octanol–water partition coefficient (Wildman–Crippen LogP) is 3.56. The monoisotopic (exact) mass is 277 g/mol. The van der Waals surface area contributed by atoms with Gasteiger partial charge in [-0.15, -0.1) is 0 Å². The molecule has 0 saturated heterocycles. The smallest absolute Gasteiger partial charge is 0.0764 e. The number of nitrogens with one attached hydrogen (secondary N) is 1. The Balaban J connectivity index is 2.10. The summed E-state index contributed by atoms with van der Waals surface area (Å²) >= 11 is 0. The van der Waals surface area contributed by atoms with Gasteiger partial charge in [-0.2, -0.15) is 0 Å². The Bertz CT molecular complexity index is 763. The zero-order valence-electron chi connectivity index (χ0n) is 12.6. The molecule has 0 saturated carbocycles. The molecule has 21 heavy (non-hydrogen) atoms. The molecule has 0 radical (unpaired) electrons. The summed E-state index contributed by atoms with van der Waals surface area (Å²) in [6.45, 7) is 4.13. The summed E-state index contributed by atoms with van der Waals surface area (Å²) in [6, 6.07) is 14.6. The highest BCUT2D eigenvalue weighted by atomic mass is 14.9. The van der Waals surface area contributed by atoms with Gasteiger partial charge in [-0.05, 0) is 50.2 Å². The molecule has 0 bridgehead atoms. The van der Waals surface area contributed by atoms with Crippen LogP contribution in [0.4, 0.5) is 0 Å². The Labute approximate surface area is 125 Å². The summed E-state index contributed by atoms with van der Waals surface area (Å²) < 4.78 is 0. The summed E-state index contributed by atoms with van der Waals surface area (Å²) in [7, 11) is 1.96. The second kappa shape index (κ2) is 5.62. The molecule has 3 aromatic rings. The maximum absolute atomic E-state index is 4.82. The molecule has 2 aromatic heterocycles. The second-order valence-electron chi connectivity index (χ2n) is 5.34. The fourth-order valence-corrected chi connectivity index (χ4v) is 2.66. The first-order valence-corrected chi connectivity index (χ1v) is 7.15. The molecule has 0 aliphatic heterocycles. The number of benzene rings is 1. The number of nitrogens with zero attached hydrogens (tertiary/aromatic N) is 2. The van der Waals surface area contributed by atoms with Gasteiger partial charge in [0.15, 0.2) is 0 Å². The van der Waals surface area contributed by atoms with Crippen molar-refractivity contribution in [2.45, 2.75) is 19.9 Å². The molecule has 1 atom stereocenters. The van der Waals surface area contributed by atoms with E-state index in [0.29, 0.717) is 0 Å². The standard InChI is InChI=1S/C18H19N3/c1-12-10-17(21-16-7-5-4-6-15(12)16)18(19-3)14-9-8-13(2)20-11-14/h4-11,18-19H,1-3H3. The van der Waals surface area contributed by atoms with E-state index in [-0.39, 0.29) is 6.04 Å². The SMILES string of the molecule is CNC(c1ccc(C)nc1)c1cc(C)c2ccccc2n1. The van der Waals surface area contributed by atoms with Crippen molar-refractivity contribution in [3.63, 3.8) is 0 Å². The van der Waals surface area contributed by atoms with E-state index in [0.717, 1.165) is 22.5 Å². The number of aromatic nitrogens is 2. The lowest BCUT2D eigenvalue weighted by atomic mass is 10.0. The molecule has 3 rings (SSSR count). The molecule has 1 unspecified atom stereocenters. The molecular formula is C18H19N3. The van der Waals surface area contributed by atoms with E-state index in [1.807, 2.05) is 32.3 Å². The van der Waals surface area contributed by atoms with Crippen molar-refractivity contribution in [2.75, 3.05) is 7.05 Å². The first-order chi connectivity index (χ1) is 10.2. The average Bonchev–Trinajstić information content (AvgIpc) is 2.50. The van der Waals surface area contributed by atoms with Gasteiger partial charge in [-0.1, -0.05) is 24.3 Å². The average molecular weight is 277 g/mol. The van der Waals surface area contributed by atoms with Gasteiger partial charge in [0, 0.05) is 17.3 Å². The minimum absolute atomic E-state index is 0.0569. The van der Waals surface area contributed by atoms with E-state index in [2.05, 4.69) is 47.6 Å². The number of fused-ring (bicyclic) bond motifs is 1. The van der Waals surface area contributed by atoms with Crippen LogP contribution < -0.4 is 5.32 Å².